The van der Waals surface area contributed by atoms with Gasteiger partial charge in [0, 0.05) is 0 Å². The fraction of sp³-hybridized carbons (Fsp3) is 0. The van der Waals surface area contributed by atoms with Gasteiger partial charge in [0.05, 0.1) is 0 Å². The van der Waals surface area contributed by atoms with Crippen LogP contribution in [0.3, 0.4) is 0 Å². The second kappa shape index (κ2) is 5.44. The SMILES string of the molecule is N#CC(/C=C/c1ccccc1)=NC=N. The smallest absolute Gasteiger partial charge is 0.142 e. The van der Waals surface area contributed by atoms with Crippen LogP contribution in [-0.2, 0) is 0 Å². The Hall–Kier alpha value is -2.21. The number of benzene rings is 1. The van der Waals surface area contributed by atoms with Crippen LogP contribution in [0, 0.1) is 16.7 Å². The van der Waals surface area contributed by atoms with Crippen molar-refractivity contribution >= 4 is 18.1 Å². The normalized spacial score (nSPS) is 11.2. The maximum Gasteiger partial charge on any atom is 0.142 e. The highest BCUT2D eigenvalue weighted by Crippen LogP contribution is 2.00. The van der Waals surface area contributed by atoms with Gasteiger partial charge in [0.2, 0.25) is 0 Å². The van der Waals surface area contributed by atoms with E-state index in [1.54, 1.807) is 12.2 Å². The molecule has 0 atom stereocenters. The Morgan fingerprint density at radius 3 is 2.64 bits per heavy atom. The molecule has 1 aromatic carbocycles. The van der Waals surface area contributed by atoms with Crippen molar-refractivity contribution in [2.75, 3.05) is 0 Å². The molecule has 0 heterocycles. The summed E-state index contributed by atoms with van der Waals surface area (Å²) in [6, 6.07) is 11.5. The van der Waals surface area contributed by atoms with Gasteiger partial charge in [0.15, 0.2) is 0 Å². The molecule has 1 N–H and O–H groups in total. The highest BCUT2D eigenvalue weighted by Gasteiger charge is 1.88. The minimum Gasteiger partial charge on any atom is -0.289 e. The lowest BCUT2D eigenvalue weighted by Crippen LogP contribution is -1.87. The number of rotatable bonds is 3. The summed E-state index contributed by atoms with van der Waals surface area (Å²) in [5, 5.41) is 15.3. The number of hydrogen-bond acceptors (Lipinski definition) is 2. The fourth-order valence-electron chi connectivity index (χ4n) is 0.918. The molecule has 0 saturated carbocycles. The third-order valence-electron chi connectivity index (χ3n) is 1.55. The number of nitrogens with one attached hydrogen (secondary N) is 1. The zero-order valence-electron chi connectivity index (χ0n) is 7.51. The Kier molecular flexibility index (Phi) is 3.84. The molecule has 1 aromatic rings. The van der Waals surface area contributed by atoms with E-state index in [1.807, 2.05) is 36.4 Å². The minimum absolute atomic E-state index is 0.226. The van der Waals surface area contributed by atoms with E-state index in [0.29, 0.717) is 0 Å². The Labute approximate surface area is 82.5 Å². The standard InChI is InChI=1S/C11H9N3/c12-8-11(14-9-13)7-6-10-4-2-1-3-5-10/h1-7,9,13H/b7-6+,13-9?,14-11?. The molecule has 1 rings (SSSR count). The van der Waals surface area contributed by atoms with E-state index in [4.69, 9.17) is 10.7 Å². The van der Waals surface area contributed by atoms with Gasteiger partial charge in [-0.3, -0.25) is 5.41 Å². The molecule has 0 fully saturated rings. The molecule has 0 aromatic heterocycles. The summed E-state index contributed by atoms with van der Waals surface area (Å²) in [4.78, 5) is 3.57. The van der Waals surface area contributed by atoms with Crippen LogP contribution in [-0.4, -0.2) is 12.1 Å². The predicted molar refractivity (Wildman–Crippen MR) is 57.3 cm³/mol. The molecular weight excluding hydrogens is 174 g/mol. The maximum atomic E-state index is 8.60. The average Bonchev–Trinajstić information content (AvgIpc) is 2.25. The van der Waals surface area contributed by atoms with Crippen LogP contribution in [0.4, 0.5) is 0 Å². The summed E-state index contributed by atoms with van der Waals surface area (Å²) in [6.07, 6.45) is 4.22. The zero-order chi connectivity index (χ0) is 10.2. The third-order valence-corrected chi connectivity index (χ3v) is 1.55. The van der Waals surface area contributed by atoms with Crippen molar-refractivity contribution < 1.29 is 0 Å². The number of allylic oxidation sites excluding steroid dienone is 1. The lowest BCUT2D eigenvalue weighted by molar-refractivity contribution is 1.50. The molecule has 3 nitrogen and oxygen atoms in total. The molecule has 0 aliphatic carbocycles. The predicted octanol–water partition coefficient (Wildman–Crippen LogP) is 2.27. The molecule has 0 bridgehead atoms. The van der Waals surface area contributed by atoms with Gasteiger partial charge in [0.25, 0.3) is 0 Å². The van der Waals surface area contributed by atoms with E-state index in [1.165, 1.54) is 0 Å². The summed E-state index contributed by atoms with van der Waals surface area (Å²) < 4.78 is 0. The zero-order valence-corrected chi connectivity index (χ0v) is 7.51. The van der Waals surface area contributed by atoms with E-state index in [-0.39, 0.29) is 5.71 Å². The maximum absolute atomic E-state index is 8.60. The van der Waals surface area contributed by atoms with Crippen molar-refractivity contribution in [1.82, 2.24) is 0 Å². The Balaban J connectivity index is 2.79. The summed E-state index contributed by atoms with van der Waals surface area (Å²) in [7, 11) is 0. The molecule has 68 valence electrons. The molecule has 0 saturated heterocycles. The molecule has 14 heavy (non-hydrogen) atoms. The second-order valence-electron chi connectivity index (χ2n) is 2.50. The highest BCUT2D eigenvalue weighted by atomic mass is 14.8. The van der Waals surface area contributed by atoms with Crippen molar-refractivity contribution in [2.45, 2.75) is 0 Å². The van der Waals surface area contributed by atoms with Gasteiger partial charge < -0.3 is 0 Å². The van der Waals surface area contributed by atoms with Crippen LogP contribution in [0.2, 0.25) is 0 Å². The topological polar surface area (TPSA) is 60.0 Å². The number of hydrogen-bond donors (Lipinski definition) is 1. The van der Waals surface area contributed by atoms with Crippen molar-refractivity contribution in [3.63, 3.8) is 0 Å². The van der Waals surface area contributed by atoms with E-state index >= 15 is 0 Å². The number of nitriles is 1. The van der Waals surface area contributed by atoms with Crippen LogP contribution >= 0.6 is 0 Å². The molecular formula is C11H9N3. The van der Waals surface area contributed by atoms with Crippen molar-refractivity contribution in [3.8, 4) is 6.07 Å². The molecule has 0 spiro atoms. The Morgan fingerprint density at radius 2 is 2.07 bits per heavy atom. The first-order valence-electron chi connectivity index (χ1n) is 4.07. The first kappa shape index (κ1) is 9.87. The Morgan fingerprint density at radius 1 is 1.36 bits per heavy atom. The summed E-state index contributed by atoms with van der Waals surface area (Å²) in [5.41, 5.74) is 1.23. The van der Waals surface area contributed by atoms with Crippen LogP contribution in [0.15, 0.2) is 41.4 Å². The van der Waals surface area contributed by atoms with E-state index in [2.05, 4.69) is 4.99 Å². The highest BCUT2D eigenvalue weighted by molar-refractivity contribution is 6.11. The third kappa shape index (κ3) is 3.03. The minimum atomic E-state index is 0.226. The quantitative estimate of drug-likeness (QED) is 0.567. The summed E-state index contributed by atoms with van der Waals surface area (Å²) in [5.74, 6) is 0. The van der Waals surface area contributed by atoms with Crippen molar-refractivity contribution in [3.05, 3.63) is 42.0 Å². The molecule has 0 aliphatic rings. The Bertz CT molecular complexity index is 396. The lowest BCUT2D eigenvalue weighted by atomic mass is 10.2. The van der Waals surface area contributed by atoms with Crippen molar-refractivity contribution in [1.29, 1.82) is 10.7 Å². The van der Waals surface area contributed by atoms with Gasteiger partial charge in [0.1, 0.15) is 18.1 Å². The first-order chi connectivity index (χ1) is 6.86. The van der Waals surface area contributed by atoms with Crippen LogP contribution < -0.4 is 0 Å². The van der Waals surface area contributed by atoms with Crippen LogP contribution in [0.25, 0.3) is 6.08 Å². The summed E-state index contributed by atoms with van der Waals surface area (Å²) >= 11 is 0. The van der Waals surface area contributed by atoms with Gasteiger partial charge in [-0.2, -0.15) is 5.26 Å². The molecule has 3 heteroatoms. The largest absolute Gasteiger partial charge is 0.289 e. The van der Waals surface area contributed by atoms with Crippen LogP contribution in [0.1, 0.15) is 5.56 Å². The van der Waals surface area contributed by atoms with Crippen molar-refractivity contribution in [2.24, 2.45) is 4.99 Å². The van der Waals surface area contributed by atoms with Gasteiger partial charge in [-0.15, -0.1) is 0 Å². The van der Waals surface area contributed by atoms with Crippen LogP contribution in [0.5, 0.6) is 0 Å². The lowest BCUT2D eigenvalue weighted by Gasteiger charge is -1.89. The molecule has 0 amide bonds. The molecule has 0 unspecified atom stereocenters. The van der Waals surface area contributed by atoms with E-state index in [9.17, 15) is 0 Å². The molecule has 0 radical (unpaired) electrons. The number of nitrogens with zero attached hydrogens (tertiary/aromatic N) is 2. The van der Waals surface area contributed by atoms with Gasteiger partial charge in [-0.05, 0) is 11.6 Å². The van der Waals surface area contributed by atoms with E-state index in [0.717, 1.165) is 11.9 Å². The number of aliphatic imine (C=N–C) groups is 1. The molecule has 0 aliphatic heterocycles. The average molecular weight is 183 g/mol. The van der Waals surface area contributed by atoms with Gasteiger partial charge in [-0.25, -0.2) is 4.99 Å². The fourth-order valence-corrected chi connectivity index (χ4v) is 0.918. The first-order valence-corrected chi connectivity index (χ1v) is 4.07. The second-order valence-corrected chi connectivity index (χ2v) is 2.50. The van der Waals surface area contributed by atoms with Gasteiger partial charge in [-0.1, -0.05) is 36.4 Å². The summed E-state index contributed by atoms with van der Waals surface area (Å²) in [6.45, 7) is 0. The monoisotopic (exact) mass is 183 g/mol. The van der Waals surface area contributed by atoms with E-state index < -0.39 is 0 Å². The van der Waals surface area contributed by atoms with Gasteiger partial charge >= 0.3 is 0 Å².